The summed E-state index contributed by atoms with van der Waals surface area (Å²) in [4.78, 5) is 24.4. The van der Waals surface area contributed by atoms with Gasteiger partial charge in [-0.15, -0.1) is 0 Å². The minimum Gasteiger partial charge on any atom is -0.477 e. The number of benzene rings is 2. The van der Waals surface area contributed by atoms with Crippen molar-refractivity contribution < 1.29 is 14.7 Å². The molecule has 30 heavy (non-hydrogen) atoms. The molecule has 0 aliphatic carbocycles. The van der Waals surface area contributed by atoms with Crippen molar-refractivity contribution in [1.29, 1.82) is 0 Å². The summed E-state index contributed by atoms with van der Waals surface area (Å²) in [6.45, 7) is 0. The standard InChI is InChI=1S/C22H17ClN4O3/c23-17-8-4-5-9-18(17)26-21(28)16-13-24-27-15(11-10-14-6-2-1-3-7-14)12-19(22(29)30)25-20(16)27/h1-13,15,25H,(H,26,28)(H,29,30)/b11-10+/t15-/m1/s1. The zero-order valence-corrected chi connectivity index (χ0v) is 16.4. The van der Waals surface area contributed by atoms with E-state index in [-0.39, 0.29) is 11.3 Å². The van der Waals surface area contributed by atoms with Crippen molar-refractivity contribution in [3.05, 3.63) is 94.8 Å². The molecule has 8 heteroatoms. The predicted octanol–water partition coefficient (Wildman–Crippen LogP) is 4.44. The van der Waals surface area contributed by atoms with E-state index in [0.29, 0.717) is 16.5 Å². The van der Waals surface area contributed by atoms with Gasteiger partial charge in [-0.2, -0.15) is 5.10 Å². The zero-order chi connectivity index (χ0) is 21.1. The van der Waals surface area contributed by atoms with Gasteiger partial charge < -0.3 is 15.7 Å². The van der Waals surface area contributed by atoms with Crippen molar-refractivity contribution in [2.24, 2.45) is 0 Å². The number of carbonyl (C=O) groups excluding carboxylic acids is 1. The number of halogens is 1. The van der Waals surface area contributed by atoms with E-state index in [2.05, 4.69) is 15.7 Å². The number of carboxylic acid groups (broad SMARTS) is 1. The molecule has 0 fully saturated rings. The highest BCUT2D eigenvalue weighted by Crippen LogP contribution is 2.30. The predicted molar refractivity (Wildman–Crippen MR) is 115 cm³/mol. The van der Waals surface area contributed by atoms with Crippen molar-refractivity contribution in [3.63, 3.8) is 0 Å². The number of anilines is 2. The number of carbonyl (C=O) groups is 2. The monoisotopic (exact) mass is 420 g/mol. The first-order valence-corrected chi connectivity index (χ1v) is 9.49. The maximum atomic E-state index is 12.8. The summed E-state index contributed by atoms with van der Waals surface area (Å²) in [5.41, 5.74) is 1.60. The van der Waals surface area contributed by atoms with Gasteiger partial charge in [0, 0.05) is 0 Å². The molecule has 1 aromatic heterocycles. The lowest BCUT2D eigenvalue weighted by atomic mass is 10.1. The lowest BCUT2D eigenvalue weighted by molar-refractivity contribution is -0.132. The molecule has 4 rings (SSSR count). The molecule has 1 amide bonds. The van der Waals surface area contributed by atoms with Crippen molar-refractivity contribution in [1.82, 2.24) is 9.78 Å². The Bertz CT molecular complexity index is 1170. The van der Waals surface area contributed by atoms with Crippen molar-refractivity contribution in [2.45, 2.75) is 6.04 Å². The van der Waals surface area contributed by atoms with Gasteiger partial charge >= 0.3 is 5.97 Å². The van der Waals surface area contributed by atoms with E-state index in [9.17, 15) is 14.7 Å². The number of rotatable bonds is 5. The van der Waals surface area contributed by atoms with Crippen LogP contribution in [0.3, 0.4) is 0 Å². The number of carboxylic acids is 1. The number of para-hydroxylation sites is 1. The third kappa shape index (κ3) is 3.97. The third-order valence-electron chi connectivity index (χ3n) is 4.55. The first-order chi connectivity index (χ1) is 14.5. The molecule has 0 spiro atoms. The van der Waals surface area contributed by atoms with E-state index >= 15 is 0 Å². The molecule has 1 aliphatic heterocycles. The Balaban J connectivity index is 1.66. The Kier molecular flexibility index (Phi) is 5.36. The molecule has 0 unspecified atom stereocenters. The Morgan fingerprint density at radius 1 is 1.13 bits per heavy atom. The molecule has 1 atom stereocenters. The Hall–Kier alpha value is -3.84. The average molecular weight is 421 g/mol. The van der Waals surface area contributed by atoms with Gasteiger partial charge in [-0.05, 0) is 23.8 Å². The fourth-order valence-electron chi connectivity index (χ4n) is 3.08. The second kappa shape index (κ2) is 8.26. The Labute approximate surface area is 177 Å². The summed E-state index contributed by atoms with van der Waals surface area (Å²) in [7, 11) is 0. The second-order valence-electron chi connectivity index (χ2n) is 6.56. The number of nitrogens with zero attached hydrogens (tertiary/aromatic N) is 2. The molecule has 1 aliphatic rings. The maximum absolute atomic E-state index is 12.8. The average Bonchev–Trinajstić information content (AvgIpc) is 3.18. The van der Waals surface area contributed by atoms with Crippen molar-refractivity contribution in [3.8, 4) is 0 Å². The largest absolute Gasteiger partial charge is 0.477 e. The molecule has 0 bridgehead atoms. The number of aromatic nitrogens is 2. The fraction of sp³-hybridized carbons (Fsp3) is 0.0455. The number of hydrogen-bond acceptors (Lipinski definition) is 4. The third-order valence-corrected chi connectivity index (χ3v) is 4.88. The van der Waals surface area contributed by atoms with Crippen molar-refractivity contribution in [2.75, 3.05) is 10.6 Å². The van der Waals surface area contributed by atoms with Gasteiger partial charge in [0.25, 0.3) is 5.91 Å². The van der Waals surface area contributed by atoms with Crippen LogP contribution in [0.25, 0.3) is 6.08 Å². The van der Waals surface area contributed by atoms with Gasteiger partial charge in [-0.25, -0.2) is 9.48 Å². The normalized spacial score (nSPS) is 15.2. The van der Waals surface area contributed by atoms with Gasteiger partial charge in [0.2, 0.25) is 0 Å². The summed E-state index contributed by atoms with van der Waals surface area (Å²) >= 11 is 6.11. The van der Waals surface area contributed by atoms with Gasteiger partial charge in [0.1, 0.15) is 17.1 Å². The van der Waals surface area contributed by atoms with E-state index in [1.807, 2.05) is 42.5 Å². The van der Waals surface area contributed by atoms with Crippen LogP contribution in [0.2, 0.25) is 5.02 Å². The number of nitrogens with one attached hydrogen (secondary N) is 2. The molecule has 0 saturated heterocycles. The summed E-state index contributed by atoms with van der Waals surface area (Å²) in [6.07, 6.45) is 6.64. The van der Waals surface area contributed by atoms with Crippen LogP contribution in [-0.2, 0) is 4.79 Å². The van der Waals surface area contributed by atoms with Crippen LogP contribution in [-0.4, -0.2) is 26.8 Å². The van der Waals surface area contributed by atoms with Crippen LogP contribution in [0.4, 0.5) is 11.5 Å². The highest BCUT2D eigenvalue weighted by Gasteiger charge is 2.27. The minimum atomic E-state index is -1.13. The quantitative estimate of drug-likeness (QED) is 0.567. The fourth-order valence-corrected chi connectivity index (χ4v) is 3.26. The topological polar surface area (TPSA) is 96.2 Å². The first-order valence-electron chi connectivity index (χ1n) is 9.11. The SMILES string of the molecule is O=C(O)C1=C[C@@H](/C=C/c2ccccc2)n2ncc(C(=O)Nc3ccccc3Cl)c2N1. The van der Waals surface area contributed by atoms with Crippen LogP contribution in [0, 0.1) is 0 Å². The maximum Gasteiger partial charge on any atom is 0.352 e. The summed E-state index contributed by atoms with van der Waals surface area (Å²) in [5, 5.41) is 19.7. The molecule has 0 saturated carbocycles. The highest BCUT2D eigenvalue weighted by atomic mass is 35.5. The molecular weight excluding hydrogens is 404 g/mol. The van der Waals surface area contributed by atoms with Gasteiger partial charge in [0.15, 0.2) is 0 Å². The molecule has 150 valence electrons. The summed E-state index contributed by atoms with van der Waals surface area (Å²) < 4.78 is 1.56. The number of hydrogen-bond donors (Lipinski definition) is 3. The van der Waals surface area contributed by atoms with E-state index in [0.717, 1.165) is 5.56 Å². The molecule has 3 aromatic rings. The van der Waals surface area contributed by atoms with Crippen molar-refractivity contribution >= 4 is 41.1 Å². The van der Waals surface area contributed by atoms with Gasteiger partial charge in [0.05, 0.1) is 22.9 Å². The van der Waals surface area contributed by atoms with Crippen LogP contribution >= 0.6 is 11.6 Å². The number of amides is 1. The highest BCUT2D eigenvalue weighted by molar-refractivity contribution is 6.34. The van der Waals surface area contributed by atoms with E-state index in [4.69, 9.17) is 11.6 Å². The Morgan fingerprint density at radius 3 is 2.60 bits per heavy atom. The lowest BCUT2D eigenvalue weighted by Gasteiger charge is -2.22. The molecule has 7 nitrogen and oxygen atoms in total. The molecule has 2 heterocycles. The molecule has 2 aromatic carbocycles. The van der Waals surface area contributed by atoms with E-state index in [1.54, 1.807) is 28.9 Å². The van der Waals surface area contributed by atoms with E-state index < -0.39 is 17.9 Å². The number of aliphatic carboxylic acids is 1. The molecule has 3 N–H and O–H groups in total. The van der Waals surface area contributed by atoms with Crippen LogP contribution < -0.4 is 10.6 Å². The van der Waals surface area contributed by atoms with Crippen LogP contribution in [0.5, 0.6) is 0 Å². The van der Waals surface area contributed by atoms with Crippen LogP contribution in [0.1, 0.15) is 22.0 Å². The van der Waals surface area contributed by atoms with Gasteiger partial charge in [-0.1, -0.05) is 66.2 Å². The molecular formula is C22H17ClN4O3. The summed E-state index contributed by atoms with van der Waals surface area (Å²) in [6, 6.07) is 16.0. The molecule has 0 radical (unpaired) electrons. The first kappa shape index (κ1) is 19.5. The second-order valence-corrected chi connectivity index (χ2v) is 6.96. The summed E-state index contributed by atoms with van der Waals surface area (Å²) in [5.74, 6) is -1.28. The smallest absolute Gasteiger partial charge is 0.352 e. The van der Waals surface area contributed by atoms with E-state index in [1.165, 1.54) is 12.3 Å². The number of allylic oxidation sites excluding steroid dienone is 2. The Morgan fingerprint density at radius 2 is 1.87 bits per heavy atom. The van der Waals surface area contributed by atoms with Crippen LogP contribution in [0.15, 0.2) is 78.6 Å². The lowest BCUT2D eigenvalue weighted by Crippen LogP contribution is -2.24. The number of fused-ring (bicyclic) bond motifs is 1. The zero-order valence-electron chi connectivity index (χ0n) is 15.6. The van der Waals surface area contributed by atoms with Gasteiger partial charge in [-0.3, -0.25) is 4.79 Å². The minimum absolute atomic E-state index is 0.0301.